The summed E-state index contributed by atoms with van der Waals surface area (Å²) >= 11 is 0. The maximum Gasteiger partial charge on any atom is 0.344 e. The fourth-order valence-electron chi connectivity index (χ4n) is 4.46. The van der Waals surface area contributed by atoms with Crippen LogP contribution in [0, 0.1) is 0 Å². The van der Waals surface area contributed by atoms with Gasteiger partial charge in [0, 0.05) is 12.8 Å². The lowest BCUT2D eigenvalue weighted by atomic mass is 10.1. The number of benzene rings is 2. The molecule has 262 valence electrons. The normalized spacial score (nSPS) is 13.3. The summed E-state index contributed by atoms with van der Waals surface area (Å²) in [5, 5.41) is 12.1. The van der Waals surface area contributed by atoms with Gasteiger partial charge in [0.1, 0.15) is 17.4 Å². The number of imide groups is 1. The molecule has 1 atom stereocenters. The monoisotopic (exact) mass is 672 g/mol. The molecule has 0 spiro atoms. The summed E-state index contributed by atoms with van der Waals surface area (Å²) in [6.07, 6.45) is 0.0452. The van der Waals surface area contributed by atoms with Crippen molar-refractivity contribution in [3.63, 3.8) is 0 Å². The number of carboxylic acid groups (broad SMARTS) is 1. The van der Waals surface area contributed by atoms with Gasteiger partial charge < -0.3 is 38.8 Å². The van der Waals surface area contributed by atoms with Gasteiger partial charge in [0.05, 0.1) is 70.5 Å². The molecule has 0 unspecified atom stereocenters. The lowest BCUT2D eigenvalue weighted by Gasteiger charge is -2.19. The zero-order chi connectivity index (χ0) is 34.9. The number of amides is 3. The van der Waals surface area contributed by atoms with Crippen LogP contribution in [0.2, 0.25) is 0 Å². The van der Waals surface area contributed by atoms with Gasteiger partial charge in [-0.3, -0.25) is 19.3 Å². The fourth-order valence-corrected chi connectivity index (χ4v) is 4.46. The predicted molar refractivity (Wildman–Crippen MR) is 171 cm³/mol. The summed E-state index contributed by atoms with van der Waals surface area (Å²) in [6.45, 7) is 7.33. The number of hydrogen-bond donors (Lipinski definition) is 2. The Bertz CT molecular complexity index is 1340. The van der Waals surface area contributed by atoms with Crippen LogP contribution in [-0.2, 0) is 44.5 Å². The van der Waals surface area contributed by atoms with Gasteiger partial charge in [0.15, 0.2) is 6.61 Å². The molecule has 0 radical (unpaired) electrons. The Balaban J connectivity index is 1.16. The molecule has 0 fully saturated rings. The van der Waals surface area contributed by atoms with Crippen molar-refractivity contribution in [3.05, 3.63) is 65.2 Å². The van der Waals surface area contributed by atoms with Crippen LogP contribution in [0.5, 0.6) is 5.75 Å². The number of carbonyl (C=O) groups is 5. The third kappa shape index (κ3) is 13.4. The Morgan fingerprint density at radius 3 is 1.81 bits per heavy atom. The number of carbonyl (C=O) groups excluding carboxylic acids is 4. The zero-order valence-electron chi connectivity index (χ0n) is 27.6. The highest BCUT2D eigenvalue weighted by atomic mass is 16.6. The summed E-state index contributed by atoms with van der Waals surface area (Å²) in [7, 11) is 0. The first kappa shape index (κ1) is 38.1. The maximum atomic E-state index is 12.3. The third-order valence-corrected chi connectivity index (χ3v) is 6.70. The summed E-state index contributed by atoms with van der Waals surface area (Å²) in [5.41, 5.74) is 0.870. The number of nitrogens with zero attached hydrogens (tertiary/aromatic N) is 1. The number of esters is 1. The SMILES string of the molecule is CC(C)(C)OC(=O)COc1ccc(C[C@H](NC(=O)CCOCCOCCOCCOCCN2C(=O)c3ccccc3C2=O)C(=O)O)cc1. The second-order valence-corrected chi connectivity index (χ2v) is 11.7. The number of rotatable bonds is 22. The van der Waals surface area contributed by atoms with Crippen molar-refractivity contribution >= 4 is 29.7 Å². The van der Waals surface area contributed by atoms with Crippen LogP contribution in [0.3, 0.4) is 0 Å². The average Bonchev–Trinajstić information content (AvgIpc) is 3.28. The number of fused-ring (bicyclic) bond motifs is 1. The van der Waals surface area contributed by atoms with E-state index in [4.69, 9.17) is 28.4 Å². The van der Waals surface area contributed by atoms with Gasteiger partial charge in [-0.25, -0.2) is 9.59 Å². The Kier molecular flexibility index (Phi) is 15.4. The van der Waals surface area contributed by atoms with E-state index in [0.717, 1.165) is 0 Å². The third-order valence-electron chi connectivity index (χ3n) is 6.70. The highest BCUT2D eigenvalue weighted by Gasteiger charge is 2.34. The molecule has 0 saturated heterocycles. The van der Waals surface area contributed by atoms with Gasteiger partial charge in [-0.15, -0.1) is 0 Å². The van der Waals surface area contributed by atoms with Crippen LogP contribution in [0.4, 0.5) is 0 Å². The Morgan fingerprint density at radius 2 is 1.29 bits per heavy atom. The summed E-state index contributed by atoms with van der Waals surface area (Å²) < 4.78 is 32.3. The van der Waals surface area contributed by atoms with Crippen molar-refractivity contribution < 1.29 is 57.5 Å². The Morgan fingerprint density at radius 1 is 0.771 bits per heavy atom. The molecule has 1 aliphatic heterocycles. The van der Waals surface area contributed by atoms with Gasteiger partial charge in [0.2, 0.25) is 5.91 Å². The smallest absolute Gasteiger partial charge is 0.344 e. The van der Waals surface area contributed by atoms with Crippen molar-refractivity contribution in [1.82, 2.24) is 10.2 Å². The summed E-state index contributed by atoms with van der Waals surface area (Å²) in [5.74, 6) is -2.33. The van der Waals surface area contributed by atoms with Crippen LogP contribution in [0.1, 0.15) is 53.5 Å². The van der Waals surface area contributed by atoms with Crippen LogP contribution in [0.15, 0.2) is 48.5 Å². The van der Waals surface area contributed by atoms with E-state index in [1.807, 2.05) is 0 Å². The quantitative estimate of drug-likeness (QED) is 0.106. The molecule has 3 amide bonds. The number of aliphatic carboxylic acids is 1. The van der Waals surface area contributed by atoms with Crippen molar-refractivity contribution in [2.75, 3.05) is 66.0 Å². The van der Waals surface area contributed by atoms with Gasteiger partial charge in [0.25, 0.3) is 11.8 Å². The summed E-state index contributed by atoms with van der Waals surface area (Å²) in [4.78, 5) is 61.6. The number of hydrogen-bond acceptors (Lipinski definition) is 11. The van der Waals surface area contributed by atoms with Gasteiger partial charge in [-0.2, -0.15) is 0 Å². The minimum atomic E-state index is -1.17. The molecule has 3 rings (SSSR count). The van der Waals surface area contributed by atoms with E-state index in [1.165, 1.54) is 4.90 Å². The second kappa shape index (κ2) is 19.5. The molecule has 2 aromatic carbocycles. The van der Waals surface area contributed by atoms with Crippen LogP contribution >= 0.6 is 0 Å². The topological polar surface area (TPSA) is 176 Å². The molecule has 1 aliphatic rings. The van der Waals surface area contributed by atoms with E-state index in [1.54, 1.807) is 69.3 Å². The molecule has 14 nitrogen and oxygen atoms in total. The van der Waals surface area contributed by atoms with Crippen LogP contribution < -0.4 is 10.1 Å². The molecular formula is C34H44N2O12. The van der Waals surface area contributed by atoms with E-state index in [-0.39, 0.29) is 64.2 Å². The molecule has 0 saturated carbocycles. The number of ether oxygens (including phenoxy) is 6. The lowest BCUT2D eigenvalue weighted by Crippen LogP contribution is -2.42. The largest absolute Gasteiger partial charge is 0.482 e. The summed E-state index contributed by atoms with van der Waals surface area (Å²) in [6, 6.07) is 12.1. The zero-order valence-corrected chi connectivity index (χ0v) is 27.6. The van der Waals surface area contributed by atoms with E-state index >= 15 is 0 Å². The first-order chi connectivity index (χ1) is 22.9. The number of carboxylic acids is 1. The van der Waals surface area contributed by atoms with Crippen LogP contribution in [0.25, 0.3) is 0 Å². The Labute approximate surface area is 279 Å². The fraction of sp³-hybridized carbons (Fsp3) is 0.500. The molecular weight excluding hydrogens is 628 g/mol. The minimum Gasteiger partial charge on any atom is -0.482 e. The first-order valence-electron chi connectivity index (χ1n) is 15.7. The molecule has 0 aliphatic carbocycles. The van der Waals surface area contributed by atoms with Crippen LogP contribution in [-0.4, -0.2) is 117 Å². The first-order valence-corrected chi connectivity index (χ1v) is 15.7. The standard InChI is InChI=1S/C34H44N2O12/c1-34(2,3)48-30(38)23-47-25-10-8-24(9-11-25)22-28(33(41)42)35-29(37)12-14-43-16-18-45-20-21-46-19-17-44-15-13-36-31(39)26-6-4-5-7-27(26)32(36)40/h4-11,28H,12-23H2,1-3H3,(H,35,37)(H,41,42)/t28-/m0/s1. The predicted octanol–water partition coefficient (Wildman–Crippen LogP) is 2.27. The van der Waals surface area contributed by atoms with E-state index < -0.39 is 29.5 Å². The lowest BCUT2D eigenvalue weighted by molar-refractivity contribution is -0.157. The highest BCUT2D eigenvalue weighted by Crippen LogP contribution is 2.22. The molecule has 14 heteroatoms. The molecule has 2 N–H and O–H groups in total. The van der Waals surface area contributed by atoms with E-state index in [2.05, 4.69) is 5.32 Å². The molecule has 0 aromatic heterocycles. The van der Waals surface area contributed by atoms with E-state index in [9.17, 15) is 29.1 Å². The second-order valence-electron chi connectivity index (χ2n) is 11.7. The Hall–Kier alpha value is -4.37. The van der Waals surface area contributed by atoms with Gasteiger partial charge in [-0.05, 0) is 50.6 Å². The van der Waals surface area contributed by atoms with Crippen molar-refractivity contribution in [1.29, 1.82) is 0 Å². The van der Waals surface area contributed by atoms with Gasteiger partial charge in [-0.1, -0.05) is 24.3 Å². The maximum absolute atomic E-state index is 12.3. The van der Waals surface area contributed by atoms with Gasteiger partial charge >= 0.3 is 11.9 Å². The molecule has 48 heavy (non-hydrogen) atoms. The van der Waals surface area contributed by atoms with Crippen molar-refractivity contribution in [3.8, 4) is 5.75 Å². The van der Waals surface area contributed by atoms with E-state index in [0.29, 0.717) is 48.9 Å². The molecule has 2 aromatic rings. The average molecular weight is 673 g/mol. The minimum absolute atomic E-state index is 0.0165. The molecule has 0 bridgehead atoms. The highest BCUT2D eigenvalue weighted by molar-refractivity contribution is 6.21. The van der Waals surface area contributed by atoms with Crippen molar-refractivity contribution in [2.24, 2.45) is 0 Å². The number of nitrogens with one attached hydrogen (secondary N) is 1. The van der Waals surface area contributed by atoms with Crippen molar-refractivity contribution in [2.45, 2.75) is 45.3 Å². The molecule has 1 heterocycles.